The molecule has 6 unspecified atom stereocenters. The summed E-state index contributed by atoms with van der Waals surface area (Å²) in [4.78, 5) is 61.1. The van der Waals surface area contributed by atoms with Crippen LogP contribution in [0.2, 0.25) is 0 Å². The van der Waals surface area contributed by atoms with Crippen LogP contribution >= 0.6 is 0 Å². The van der Waals surface area contributed by atoms with E-state index in [9.17, 15) is 34.2 Å². The number of carbonyl (C=O) groups is 5. The van der Waals surface area contributed by atoms with Crippen LogP contribution in [0.15, 0.2) is 0 Å². The zero-order valence-corrected chi connectivity index (χ0v) is 20.5. The highest BCUT2D eigenvalue weighted by atomic mass is 16.4. The van der Waals surface area contributed by atoms with Gasteiger partial charge in [-0.2, -0.15) is 0 Å². The van der Waals surface area contributed by atoms with Gasteiger partial charge in [0.1, 0.15) is 18.1 Å². The molecule has 0 aromatic heterocycles. The molecular formula is C22H41N5O7. The van der Waals surface area contributed by atoms with Crippen molar-refractivity contribution in [2.45, 2.75) is 90.4 Å². The molecule has 12 heteroatoms. The van der Waals surface area contributed by atoms with E-state index in [-0.39, 0.29) is 5.92 Å². The fourth-order valence-electron chi connectivity index (χ4n) is 3.18. The number of carboxylic acids is 2. The van der Waals surface area contributed by atoms with Crippen LogP contribution < -0.4 is 27.4 Å². The Bertz CT molecular complexity index is 703. The van der Waals surface area contributed by atoms with Gasteiger partial charge in [0.2, 0.25) is 17.7 Å². The molecule has 0 saturated carbocycles. The number of nitrogens with one attached hydrogen (secondary N) is 3. The molecule has 12 nitrogen and oxygen atoms in total. The van der Waals surface area contributed by atoms with E-state index < -0.39 is 66.2 Å². The van der Waals surface area contributed by atoms with Gasteiger partial charge in [-0.25, -0.2) is 4.79 Å². The molecule has 0 rings (SSSR count). The zero-order valence-electron chi connectivity index (χ0n) is 20.5. The summed E-state index contributed by atoms with van der Waals surface area (Å²) in [7, 11) is 0. The second-order valence-corrected chi connectivity index (χ2v) is 8.63. The highest BCUT2D eigenvalue weighted by Gasteiger charge is 2.34. The van der Waals surface area contributed by atoms with Crippen LogP contribution in [0.25, 0.3) is 0 Å². The zero-order chi connectivity index (χ0) is 26.4. The van der Waals surface area contributed by atoms with Crippen LogP contribution in [0.3, 0.4) is 0 Å². The van der Waals surface area contributed by atoms with Crippen molar-refractivity contribution < 1.29 is 34.2 Å². The van der Waals surface area contributed by atoms with Crippen LogP contribution in [-0.4, -0.2) is 70.6 Å². The molecule has 0 aliphatic heterocycles. The molecule has 0 aromatic carbocycles. The normalized spacial score (nSPS) is 16.3. The summed E-state index contributed by atoms with van der Waals surface area (Å²) in [5.74, 6) is -5.63. The quantitative estimate of drug-likeness (QED) is 0.132. The van der Waals surface area contributed by atoms with Crippen molar-refractivity contribution in [2.75, 3.05) is 6.54 Å². The van der Waals surface area contributed by atoms with Crippen LogP contribution in [0, 0.1) is 11.8 Å². The van der Waals surface area contributed by atoms with Crippen molar-refractivity contribution in [2.24, 2.45) is 23.3 Å². The predicted octanol–water partition coefficient (Wildman–Crippen LogP) is -0.451. The number of hydrogen-bond acceptors (Lipinski definition) is 7. The Hall–Kier alpha value is -2.73. The number of nitrogens with two attached hydrogens (primary N) is 2. The lowest BCUT2D eigenvalue weighted by atomic mass is 9.96. The molecule has 0 spiro atoms. The highest BCUT2D eigenvalue weighted by Crippen LogP contribution is 2.12. The molecule has 3 amide bonds. The van der Waals surface area contributed by atoms with Crippen molar-refractivity contribution in [1.82, 2.24) is 16.0 Å². The van der Waals surface area contributed by atoms with Gasteiger partial charge in [-0.15, -0.1) is 0 Å². The summed E-state index contributed by atoms with van der Waals surface area (Å²) in [6.07, 6.45) is 1.94. The number of unbranched alkanes of at least 4 members (excludes halogenated alkanes) is 1. The summed E-state index contributed by atoms with van der Waals surface area (Å²) < 4.78 is 0. The van der Waals surface area contributed by atoms with Gasteiger partial charge in [0.25, 0.3) is 0 Å². The second-order valence-electron chi connectivity index (χ2n) is 8.63. The number of aliphatic carboxylic acids is 2. The number of rotatable bonds is 17. The first-order chi connectivity index (χ1) is 15.9. The molecule has 0 radical (unpaired) electrons. The Morgan fingerprint density at radius 1 is 0.794 bits per heavy atom. The largest absolute Gasteiger partial charge is 0.481 e. The number of carbonyl (C=O) groups excluding carboxylic acids is 3. The highest BCUT2D eigenvalue weighted by molar-refractivity contribution is 5.95. The molecule has 0 heterocycles. The maximum atomic E-state index is 13.0. The molecule has 6 atom stereocenters. The molecule has 0 bridgehead atoms. The Balaban J connectivity index is 5.54. The monoisotopic (exact) mass is 487 g/mol. The van der Waals surface area contributed by atoms with Crippen molar-refractivity contribution in [3.05, 3.63) is 0 Å². The number of amides is 3. The molecular weight excluding hydrogens is 446 g/mol. The minimum Gasteiger partial charge on any atom is -0.481 e. The lowest BCUT2D eigenvalue weighted by Gasteiger charge is -2.28. The van der Waals surface area contributed by atoms with Gasteiger partial charge < -0.3 is 37.6 Å². The number of carboxylic acid groups (broad SMARTS) is 2. The summed E-state index contributed by atoms with van der Waals surface area (Å²) in [6.45, 7) is 7.39. The Kier molecular flexibility index (Phi) is 14.7. The first-order valence-electron chi connectivity index (χ1n) is 11.7. The molecule has 9 N–H and O–H groups in total. The van der Waals surface area contributed by atoms with E-state index in [4.69, 9.17) is 11.5 Å². The minimum atomic E-state index is -1.53. The summed E-state index contributed by atoms with van der Waals surface area (Å²) in [6, 6.07) is -4.69. The third-order valence-electron chi connectivity index (χ3n) is 5.89. The Morgan fingerprint density at radius 2 is 1.32 bits per heavy atom. The van der Waals surface area contributed by atoms with E-state index in [2.05, 4.69) is 16.0 Å². The summed E-state index contributed by atoms with van der Waals surface area (Å²) in [5, 5.41) is 25.9. The van der Waals surface area contributed by atoms with Gasteiger partial charge in [0, 0.05) is 0 Å². The topological polar surface area (TPSA) is 214 Å². The molecule has 0 aliphatic carbocycles. The third-order valence-corrected chi connectivity index (χ3v) is 5.89. The average molecular weight is 488 g/mol. The average Bonchev–Trinajstić information content (AvgIpc) is 2.78. The van der Waals surface area contributed by atoms with Crippen molar-refractivity contribution >= 4 is 29.7 Å². The molecule has 0 saturated heterocycles. The molecule has 34 heavy (non-hydrogen) atoms. The first-order valence-corrected chi connectivity index (χ1v) is 11.7. The van der Waals surface area contributed by atoms with Gasteiger partial charge in [-0.05, 0) is 31.2 Å². The maximum Gasteiger partial charge on any atom is 0.326 e. The van der Waals surface area contributed by atoms with Crippen LogP contribution in [-0.2, 0) is 24.0 Å². The van der Waals surface area contributed by atoms with Crippen LogP contribution in [0.1, 0.15) is 66.2 Å². The van der Waals surface area contributed by atoms with Gasteiger partial charge in [0.05, 0.1) is 12.5 Å². The van der Waals surface area contributed by atoms with E-state index >= 15 is 0 Å². The number of hydrogen-bond donors (Lipinski definition) is 7. The molecule has 0 fully saturated rings. The van der Waals surface area contributed by atoms with E-state index in [0.717, 1.165) is 0 Å². The lowest BCUT2D eigenvalue weighted by Crippen LogP contribution is -2.59. The third kappa shape index (κ3) is 10.9. The van der Waals surface area contributed by atoms with Gasteiger partial charge >= 0.3 is 11.9 Å². The van der Waals surface area contributed by atoms with Crippen molar-refractivity contribution in [3.8, 4) is 0 Å². The molecule has 0 aromatic rings. The van der Waals surface area contributed by atoms with Gasteiger partial charge in [0.15, 0.2) is 0 Å². The fourth-order valence-corrected chi connectivity index (χ4v) is 3.18. The SMILES string of the molecule is CCC(C)C(NC(=O)C(CC(=O)O)NC(=O)C(NC(=O)C(N)CCCCN)C(C)CC)C(=O)O. The van der Waals surface area contributed by atoms with Crippen molar-refractivity contribution in [1.29, 1.82) is 0 Å². The van der Waals surface area contributed by atoms with Gasteiger partial charge in [-0.1, -0.05) is 47.0 Å². The van der Waals surface area contributed by atoms with E-state index in [1.165, 1.54) is 0 Å². The summed E-state index contributed by atoms with van der Waals surface area (Å²) >= 11 is 0. The van der Waals surface area contributed by atoms with Crippen LogP contribution in [0.4, 0.5) is 0 Å². The molecule has 0 aliphatic rings. The van der Waals surface area contributed by atoms with E-state index in [1.807, 2.05) is 6.92 Å². The lowest BCUT2D eigenvalue weighted by molar-refractivity contribution is -0.144. The second kappa shape index (κ2) is 16.0. The van der Waals surface area contributed by atoms with E-state index in [0.29, 0.717) is 38.6 Å². The minimum absolute atomic E-state index is 0.347. The Morgan fingerprint density at radius 3 is 1.79 bits per heavy atom. The van der Waals surface area contributed by atoms with E-state index in [1.54, 1.807) is 20.8 Å². The molecule has 196 valence electrons. The summed E-state index contributed by atoms with van der Waals surface area (Å²) in [5.41, 5.74) is 11.3. The Labute approximate surface area is 200 Å². The smallest absolute Gasteiger partial charge is 0.326 e. The predicted molar refractivity (Wildman–Crippen MR) is 125 cm³/mol. The first kappa shape index (κ1) is 31.3. The van der Waals surface area contributed by atoms with Gasteiger partial charge in [-0.3, -0.25) is 19.2 Å². The van der Waals surface area contributed by atoms with Crippen LogP contribution in [0.5, 0.6) is 0 Å². The standard InChI is InChI=1S/C22H41N5O7/c1-5-12(3)17(26-19(30)14(24)9-7-8-10-23)21(32)25-15(11-16(28)29)20(31)27-18(22(33)34)13(4)6-2/h12-15,17-18H,5-11,23-24H2,1-4H3,(H,25,32)(H,26,30)(H,27,31)(H,28,29)(H,33,34). The fraction of sp³-hybridized carbons (Fsp3) is 0.773. The van der Waals surface area contributed by atoms with Crippen molar-refractivity contribution in [3.63, 3.8) is 0 Å². The maximum absolute atomic E-state index is 13.0.